The van der Waals surface area contributed by atoms with Crippen LogP contribution < -0.4 is 0 Å². The van der Waals surface area contributed by atoms with Gasteiger partial charge in [-0.15, -0.1) is 0 Å². The third-order valence-electron chi connectivity index (χ3n) is 9.35. The van der Waals surface area contributed by atoms with Crippen molar-refractivity contribution >= 4 is 17.9 Å². The lowest BCUT2D eigenvalue weighted by Gasteiger charge is -2.18. The number of esters is 3. The van der Waals surface area contributed by atoms with Crippen LogP contribution in [-0.2, 0) is 28.6 Å². The highest BCUT2D eigenvalue weighted by Gasteiger charge is 2.19. The first-order chi connectivity index (χ1) is 26.0. The summed E-state index contributed by atoms with van der Waals surface area (Å²) in [5.74, 6) is -0.931. The molecule has 6 heteroatoms. The summed E-state index contributed by atoms with van der Waals surface area (Å²) >= 11 is 0. The Morgan fingerprint density at radius 3 is 1.15 bits per heavy atom. The molecular weight excluding hydrogens is 661 g/mol. The highest BCUT2D eigenvalue weighted by atomic mass is 16.6. The van der Waals surface area contributed by atoms with E-state index in [1.165, 1.54) is 89.9 Å². The monoisotopic (exact) mass is 743 g/mol. The first kappa shape index (κ1) is 50.4. The molecule has 0 spiro atoms. The molecular formula is C47H82O6. The third-order valence-corrected chi connectivity index (χ3v) is 9.35. The van der Waals surface area contributed by atoms with E-state index < -0.39 is 6.10 Å². The van der Waals surface area contributed by atoms with Crippen LogP contribution in [0.25, 0.3) is 0 Å². The number of rotatable bonds is 39. The number of unbranched alkanes of at least 4 members (excludes halogenated alkanes) is 20. The summed E-state index contributed by atoms with van der Waals surface area (Å²) in [6, 6.07) is 0. The molecule has 0 fully saturated rings. The Balaban J connectivity index is 4.42. The molecule has 0 aromatic carbocycles. The number of hydrogen-bond donors (Lipinski definition) is 0. The highest BCUT2D eigenvalue weighted by molar-refractivity contribution is 5.71. The van der Waals surface area contributed by atoms with E-state index in [1.54, 1.807) is 0 Å². The first-order valence-corrected chi connectivity index (χ1v) is 22.1. The molecule has 0 N–H and O–H groups in total. The lowest BCUT2D eigenvalue weighted by molar-refractivity contribution is -0.167. The average molecular weight is 743 g/mol. The van der Waals surface area contributed by atoms with Gasteiger partial charge in [0.2, 0.25) is 0 Å². The molecule has 0 saturated heterocycles. The van der Waals surface area contributed by atoms with Crippen molar-refractivity contribution in [2.75, 3.05) is 13.2 Å². The van der Waals surface area contributed by atoms with Gasteiger partial charge in [-0.05, 0) is 57.8 Å². The second-order valence-corrected chi connectivity index (χ2v) is 14.6. The van der Waals surface area contributed by atoms with Gasteiger partial charge < -0.3 is 14.2 Å². The van der Waals surface area contributed by atoms with Crippen LogP contribution in [0.4, 0.5) is 0 Å². The van der Waals surface area contributed by atoms with Crippen LogP contribution in [-0.4, -0.2) is 37.2 Å². The number of carbonyl (C=O) groups excluding carboxylic acids is 3. The predicted molar refractivity (Wildman–Crippen MR) is 224 cm³/mol. The van der Waals surface area contributed by atoms with Gasteiger partial charge in [-0.2, -0.15) is 0 Å². The molecule has 0 unspecified atom stereocenters. The van der Waals surface area contributed by atoms with Crippen molar-refractivity contribution in [2.45, 2.75) is 219 Å². The van der Waals surface area contributed by atoms with E-state index in [2.05, 4.69) is 69.4 Å². The van der Waals surface area contributed by atoms with Gasteiger partial charge in [0.05, 0.1) is 0 Å². The molecule has 0 heterocycles. The normalized spacial score (nSPS) is 12.4. The molecule has 6 nitrogen and oxygen atoms in total. The van der Waals surface area contributed by atoms with Gasteiger partial charge in [-0.3, -0.25) is 14.4 Å². The van der Waals surface area contributed by atoms with Crippen molar-refractivity contribution in [3.05, 3.63) is 48.6 Å². The van der Waals surface area contributed by atoms with E-state index in [9.17, 15) is 14.4 Å². The van der Waals surface area contributed by atoms with Crippen LogP contribution in [0.2, 0.25) is 0 Å². The maximum Gasteiger partial charge on any atom is 0.306 e. The Kier molecular flexibility index (Phi) is 40.0. The van der Waals surface area contributed by atoms with Crippen molar-refractivity contribution in [1.82, 2.24) is 0 Å². The summed E-state index contributed by atoms with van der Waals surface area (Å²) in [6.45, 7) is 6.45. The van der Waals surface area contributed by atoms with Crippen molar-refractivity contribution < 1.29 is 28.6 Å². The standard InChI is InChI=1S/C47H82O6/c1-4-7-10-13-16-19-21-22-23-24-26-28-31-34-37-40-46(49)52-43-44(42-51-45(48)39-36-33-30-27-18-15-12-9-6-3)53-47(50)41-38-35-32-29-25-20-17-14-11-8-5-2/h7,10,16,19,22-23,26,28,44H,4-6,8-9,11-15,17-18,20-21,24-25,27,29-43H2,1-3H3/b10-7-,19-16-,23-22-,28-26-/t44-/m1/s1. The molecule has 0 aliphatic carbocycles. The summed E-state index contributed by atoms with van der Waals surface area (Å²) < 4.78 is 16.6. The van der Waals surface area contributed by atoms with Crippen molar-refractivity contribution in [3.8, 4) is 0 Å². The van der Waals surface area contributed by atoms with Gasteiger partial charge in [-0.1, -0.05) is 185 Å². The lowest BCUT2D eigenvalue weighted by Crippen LogP contribution is -2.30. The number of hydrogen-bond acceptors (Lipinski definition) is 6. The van der Waals surface area contributed by atoms with E-state index in [4.69, 9.17) is 14.2 Å². The van der Waals surface area contributed by atoms with Crippen LogP contribution in [0, 0.1) is 0 Å². The molecule has 53 heavy (non-hydrogen) atoms. The minimum Gasteiger partial charge on any atom is -0.462 e. The number of ether oxygens (including phenoxy) is 3. The van der Waals surface area contributed by atoms with E-state index in [1.807, 2.05) is 0 Å². The maximum absolute atomic E-state index is 12.7. The third kappa shape index (κ3) is 40.4. The second-order valence-electron chi connectivity index (χ2n) is 14.6. The van der Waals surface area contributed by atoms with Gasteiger partial charge in [0.25, 0.3) is 0 Å². The molecule has 0 bridgehead atoms. The highest BCUT2D eigenvalue weighted by Crippen LogP contribution is 2.14. The molecule has 0 radical (unpaired) electrons. The summed E-state index contributed by atoms with van der Waals surface area (Å²) in [5.41, 5.74) is 0. The minimum atomic E-state index is -0.782. The molecule has 0 amide bonds. The van der Waals surface area contributed by atoms with Crippen molar-refractivity contribution in [1.29, 1.82) is 0 Å². The topological polar surface area (TPSA) is 78.9 Å². The molecule has 0 aliphatic rings. The van der Waals surface area contributed by atoms with E-state index in [0.717, 1.165) is 83.5 Å². The molecule has 0 aliphatic heterocycles. The molecule has 1 atom stereocenters. The van der Waals surface area contributed by atoms with Crippen molar-refractivity contribution in [2.24, 2.45) is 0 Å². The zero-order chi connectivity index (χ0) is 38.7. The lowest BCUT2D eigenvalue weighted by atomic mass is 10.1. The fourth-order valence-corrected chi connectivity index (χ4v) is 6.02. The number of carbonyl (C=O) groups is 3. The Morgan fingerprint density at radius 2 is 0.736 bits per heavy atom. The van der Waals surface area contributed by atoms with Gasteiger partial charge in [0, 0.05) is 19.3 Å². The van der Waals surface area contributed by atoms with Crippen LogP contribution >= 0.6 is 0 Å². The minimum absolute atomic E-state index is 0.0840. The number of allylic oxidation sites excluding steroid dienone is 8. The Bertz CT molecular complexity index is 949. The van der Waals surface area contributed by atoms with Gasteiger partial charge in [0.15, 0.2) is 6.10 Å². The van der Waals surface area contributed by atoms with Crippen LogP contribution in [0.5, 0.6) is 0 Å². The van der Waals surface area contributed by atoms with Crippen LogP contribution in [0.3, 0.4) is 0 Å². The van der Waals surface area contributed by atoms with E-state index in [0.29, 0.717) is 19.3 Å². The maximum atomic E-state index is 12.7. The van der Waals surface area contributed by atoms with Gasteiger partial charge in [0.1, 0.15) is 13.2 Å². The average Bonchev–Trinajstić information content (AvgIpc) is 3.15. The van der Waals surface area contributed by atoms with Crippen LogP contribution in [0.1, 0.15) is 213 Å². The largest absolute Gasteiger partial charge is 0.462 e. The summed E-state index contributed by atoms with van der Waals surface area (Å²) in [4.78, 5) is 37.6. The zero-order valence-corrected chi connectivity index (χ0v) is 34.8. The quantitative estimate of drug-likeness (QED) is 0.0270. The Morgan fingerprint density at radius 1 is 0.396 bits per heavy atom. The summed E-state index contributed by atoms with van der Waals surface area (Å²) in [6.07, 6.45) is 48.1. The molecule has 0 saturated carbocycles. The Hall–Kier alpha value is -2.63. The molecule has 0 aromatic rings. The molecule has 306 valence electrons. The molecule has 0 rings (SSSR count). The smallest absolute Gasteiger partial charge is 0.306 e. The summed E-state index contributed by atoms with van der Waals surface area (Å²) in [7, 11) is 0. The van der Waals surface area contributed by atoms with Gasteiger partial charge >= 0.3 is 17.9 Å². The first-order valence-electron chi connectivity index (χ1n) is 22.1. The van der Waals surface area contributed by atoms with Crippen molar-refractivity contribution in [3.63, 3.8) is 0 Å². The van der Waals surface area contributed by atoms with Gasteiger partial charge in [-0.25, -0.2) is 0 Å². The van der Waals surface area contributed by atoms with E-state index in [-0.39, 0.29) is 31.1 Å². The van der Waals surface area contributed by atoms with Crippen LogP contribution in [0.15, 0.2) is 48.6 Å². The second kappa shape index (κ2) is 42.1. The SMILES string of the molecule is CC/C=C\C/C=C\C/C=C\C/C=C\CCCCC(=O)OC[C@@H](COC(=O)CCCCCCCCCCC)OC(=O)CCCCCCCCCCCCC. The zero-order valence-electron chi connectivity index (χ0n) is 34.8. The summed E-state index contributed by atoms with van der Waals surface area (Å²) in [5, 5.41) is 0. The predicted octanol–water partition coefficient (Wildman–Crippen LogP) is 14.0. The molecule has 0 aromatic heterocycles. The van der Waals surface area contributed by atoms with E-state index >= 15 is 0 Å². The fourth-order valence-electron chi connectivity index (χ4n) is 6.02. The Labute approximate surface area is 327 Å². The fraction of sp³-hybridized carbons (Fsp3) is 0.766.